The van der Waals surface area contributed by atoms with Crippen LogP contribution in [0.2, 0.25) is 0 Å². The highest BCUT2D eigenvalue weighted by molar-refractivity contribution is 7.88. The normalized spacial score (nSPS) is 34.1. The van der Waals surface area contributed by atoms with Crippen molar-refractivity contribution in [3.8, 4) is 0 Å². The van der Waals surface area contributed by atoms with E-state index in [2.05, 4.69) is 31.9 Å². The summed E-state index contributed by atoms with van der Waals surface area (Å²) in [6.45, 7) is 11.2. The number of hydrogen-bond acceptors (Lipinski definition) is 3. The maximum absolute atomic E-state index is 14.3. The highest BCUT2D eigenvalue weighted by Crippen LogP contribution is 2.67. The number of fused-ring (bicyclic) bond motifs is 5. The van der Waals surface area contributed by atoms with Crippen molar-refractivity contribution in [2.75, 3.05) is 0 Å². The highest BCUT2D eigenvalue weighted by atomic mass is 32.2. The van der Waals surface area contributed by atoms with Crippen LogP contribution in [0.1, 0.15) is 98.8 Å². The van der Waals surface area contributed by atoms with Crippen LogP contribution in [0.3, 0.4) is 0 Å². The summed E-state index contributed by atoms with van der Waals surface area (Å²) < 4.78 is 149. The van der Waals surface area contributed by atoms with Crippen LogP contribution in [0.15, 0.2) is 23.5 Å². The number of allylic oxidation sites excluding steroid dienone is 4. The highest BCUT2D eigenvalue weighted by Gasteiger charge is 2.86. The van der Waals surface area contributed by atoms with Gasteiger partial charge in [-0.1, -0.05) is 60.0 Å². The Morgan fingerprint density at radius 3 is 2.11 bits per heavy atom. The van der Waals surface area contributed by atoms with Crippen LogP contribution in [0, 0.1) is 46.3 Å². The first kappa shape index (κ1) is 35.5. The smallest absolute Gasteiger partial charge is 0.383 e. The molecule has 7 atom stereocenters. The van der Waals surface area contributed by atoms with E-state index < -0.39 is 44.6 Å². The average Bonchev–Trinajstić information content (AvgIpc) is 3.24. The topological polar surface area (TPSA) is 43.4 Å². The van der Waals surface area contributed by atoms with Gasteiger partial charge in [-0.05, 0) is 96.5 Å². The fourth-order valence-corrected chi connectivity index (χ4v) is 10.1. The van der Waals surface area contributed by atoms with E-state index >= 15 is 0 Å². The Balaban J connectivity index is 1.53. The van der Waals surface area contributed by atoms with E-state index in [1.54, 1.807) is 0 Å². The fraction of sp³-hybridized carbons (Fsp3) is 0.871. The number of rotatable bonds is 10. The summed E-state index contributed by atoms with van der Waals surface area (Å²) in [6, 6.07) is 0. The first-order valence-corrected chi connectivity index (χ1v) is 16.9. The van der Waals surface area contributed by atoms with Gasteiger partial charge < -0.3 is 4.18 Å². The Kier molecular flexibility index (Phi) is 9.18. The summed E-state index contributed by atoms with van der Waals surface area (Å²) in [5, 5.41) is -6.87. The van der Waals surface area contributed by atoms with Gasteiger partial charge in [0, 0.05) is 6.42 Å². The van der Waals surface area contributed by atoms with Crippen molar-refractivity contribution in [2.24, 2.45) is 46.3 Å². The molecule has 0 aromatic heterocycles. The van der Waals surface area contributed by atoms with Crippen LogP contribution < -0.4 is 0 Å². The SMILES string of the molecule is CC(C)CCC[C@@H](C)[C@H]1CC[C@H]2[C@@H]3CC=C4C=C(OS(=O)(=O)C(F)(F)C(F)(F)C(F)(F)C(F)(F)F)CC[C@]4(C)[C@H]3CC[C@]12C. The van der Waals surface area contributed by atoms with E-state index in [0.717, 1.165) is 31.8 Å². The minimum absolute atomic E-state index is 0.183. The Bertz CT molecular complexity index is 1260. The second kappa shape index (κ2) is 11.4. The molecule has 0 aromatic rings. The zero-order valence-corrected chi connectivity index (χ0v) is 26.5. The molecule has 0 bridgehead atoms. The largest absolute Gasteiger partial charge is 0.460 e. The lowest BCUT2D eigenvalue weighted by molar-refractivity contribution is -0.382. The molecule has 44 heavy (non-hydrogen) atoms. The standard InChI is InChI=1S/C31H43F9O3S/c1-18(2)7-6-8-19(3)23-11-12-24-22-10-9-20-17-21(13-15-26(20,4)25(22)14-16-27(23,24)5)43-44(41,42)31(39,40)29(34,35)28(32,33)30(36,37)38/h9,17-19,22-25H,6-8,10-16H2,1-5H3/t19-,22+,23-,24+,25+,26+,27-/m1/s1. The summed E-state index contributed by atoms with van der Waals surface area (Å²) in [6.07, 6.45) is 4.24. The van der Waals surface area contributed by atoms with Crippen LogP contribution >= 0.6 is 0 Å². The summed E-state index contributed by atoms with van der Waals surface area (Å²) in [7, 11) is -6.95. The summed E-state index contributed by atoms with van der Waals surface area (Å²) >= 11 is 0. The van der Waals surface area contributed by atoms with Crippen molar-refractivity contribution < 1.29 is 52.1 Å². The Labute approximate surface area is 254 Å². The van der Waals surface area contributed by atoms with E-state index in [4.69, 9.17) is 0 Å². The molecule has 254 valence electrons. The van der Waals surface area contributed by atoms with Gasteiger partial charge >= 0.3 is 33.4 Å². The molecule has 0 heterocycles. The first-order chi connectivity index (χ1) is 19.9. The maximum atomic E-state index is 14.3. The van der Waals surface area contributed by atoms with Crippen molar-refractivity contribution in [3.63, 3.8) is 0 Å². The molecule has 4 aliphatic rings. The summed E-state index contributed by atoms with van der Waals surface area (Å²) in [5.74, 6) is -12.4. The summed E-state index contributed by atoms with van der Waals surface area (Å²) in [4.78, 5) is 0. The lowest BCUT2D eigenvalue weighted by Crippen LogP contribution is -2.63. The molecule has 0 amide bonds. The second-order valence-electron chi connectivity index (χ2n) is 14.5. The van der Waals surface area contributed by atoms with Crippen LogP contribution in [0.4, 0.5) is 39.5 Å². The minimum atomic E-state index is -7.33. The number of hydrogen-bond donors (Lipinski definition) is 0. The van der Waals surface area contributed by atoms with Crippen LogP contribution in [-0.2, 0) is 14.3 Å². The molecule has 0 spiro atoms. The quantitative estimate of drug-likeness (QED) is 0.172. The van der Waals surface area contributed by atoms with Crippen molar-refractivity contribution in [2.45, 2.75) is 122 Å². The zero-order valence-electron chi connectivity index (χ0n) is 25.7. The molecule has 0 unspecified atom stereocenters. The van der Waals surface area contributed by atoms with Crippen LogP contribution in [-0.4, -0.2) is 31.7 Å². The van der Waals surface area contributed by atoms with Gasteiger partial charge in [0.05, 0.1) is 0 Å². The van der Waals surface area contributed by atoms with E-state index in [9.17, 15) is 47.9 Å². The summed E-state index contributed by atoms with van der Waals surface area (Å²) in [5.41, 5.74) is 0.269. The van der Waals surface area contributed by atoms with Crippen molar-refractivity contribution in [1.82, 2.24) is 0 Å². The molecule has 2 saturated carbocycles. The predicted molar refractivity (Wildman–Crippen MR) is 147 cm³/mol. The second-order valence-corrected chi connectivity index (χ2v) is 16.1. The molecule has 4 aliphatic carbocycles. The van der Waals surface area contributed by atoms with Crippen LogP contribution in [0.5, 0.6) is 0 Å². The Morgan fingerprint density at radius 2 is 1.52 bits per heavy atom. The third-order valence-electron chi connectivity index (χ3n) is 11.6. The van der Waals surface area contributed by atoms with Gasteiger partial charge in [-0.15, -0.1) is 0 Å². The third-order valence-corrected chi connectivity index (χ3v) is 12.9. The number of halogens is 9. The van der Waals surface area contributed by atoms with Gasteiger partial charge in [-0.2, -0.15) is 47.9 Å². The van der Waals surface area contributed by atoms with E-state index in [1.807, 2.05) is 13.0 Å². The molecule has 0 radical (unpaired) electrons. The molecule has 0 saturated heterocycles. The van der Waals surface area contributed by atoms with Gasteiger partial charge in [0.1, 0.15) is 5.76 Å². The lowest BCUT2D eigenvalue weighted by atomic mass is 9.47. The molecular weight excluding hydrogens is 623 g/mol. The van der Waals surface area contributed by atoms with Gasteiger partial charge in [0.15, 0.2) is 0 Å². The Morgan fingerprint density at radius 1 is 0.886 bits per heavy atom. The monoisotopic (exact) mass is 666 g/mol. The fourth-order valence-electron chi connectivity index (χ4n) is 9.10. The van der Waals surface area contributed by atoms with Crippen molar-refractivity contribution in [1.29, 1.82) is 0 Å². The van der Waals surface area contributed by atoms with Gasteiger partial charge in [0.25, 0.3) is 0 Å². The molecule has 3 nitrogen and oxygen atoms in total. The van der Waals surface area contributed by atoms with Crippen molar-refractivity contribution >= 4 is 10.1 Å². The van der Waals surface area contributed by atoms with Gasteiger partial charge in [0.2, 0.25) is 0 Å². The first-order valence-electron chi connectivity index (χ1n) is 15.5. The van der Waals surface area contributed by atoms with E-state index in [0.29, 0.717) is 41.6 Å². The Hall–Kier alpha value is -1.40. The molecule has 13 heteroatoms. The molecule has 2 fully saturated rings. The number of alkyl halides is 9. The molecular formula is C31H43F9O3S. The minimum Gasteiger partial charge on any atom is -0.383 e. The predicted octanol–water partition coefficient (Wildman–Crippen LogP) is 10.3. The average molecular weight is 667 g/mol. The molecule has 0 N–H and O–H groups in total. The maximum Gasteiger partial charge on any atom is 0.460 e. The van der Waals surface area contributed by atoms with E-state index in [1.165, 1.54) is 19.3 Å². The van der Waals surface area contributed by atoms with Gasteiger partial charge in [-0.3, -0.25) is 0 Å². The van der Waals surface area contributed by atoms with Crippen LogP contribution in [0.25, 0.3) is 0 Å². The lowest BCUT2D eigenvalue weighted by Gasteiger charge is -2.57. The van der Waals surface area contributed by atoms with Gasteiger partial charge in [-0.25, -0.2) is 0 Å². The van der Waals surface area contributed by atoms with Crippen molar-refractivity contribution in [3.05, 3.63) is 23.5 Å². The molecule has 0 aromatic carbocycles. The molecule has 4 rings (SSSR count). The van der Waals surface area contributed by atoms with E-state index in [-0.39, 0.29) is 24.2 Å². The third kappa shape index (κ3) is 5.50. The molecule has 0 aliphatic heterocycles. The zero-order chi connectivity index (χ0) is 33.3.